The quantitative estimate of drug-likeness (QED) is 0.278. The maximum absolute atomic E-state index is 5.93. The first-order valence-corrected chi connectivity index (χ1v) is 13.3. The summed E-state index contributed by atoms with van der Waals surface area (Å²) in [4.78, 5) is 9.34. The van der Waals surface area contributed by atoms with Crippen LogP contribution in [0.4, 0.5) is 0 Å². The van der Waals surface area contributed by atoms with Crippen molar-refractivity contribution >= 4 is 0 Å². The van der Waals surface area contributed by atoms with Gasteiger partial charge in [0.05, 0.1) is 6.61 Å². The molecule has 1 fully saturated rings. The highest BCUT2D eigenvalue weighted by Crippen LogP contribution is 2.36. The third-order valence-corrected chi connectivity index (χ3v) is 7.20. The van der Waals surface area contributed by atoms with Crippen molar-refractivity contribution in [3.05, 3.63) is 42.2 Å². The van der Waals surface area contributed by atoms with Gasteiger partial charge < -0.3 is 4.74 Å². The van der Waals surface area contributed by atoms with Crippen molar-refractivity contribution in [3.63, 3.8) is 0 Å². The minimum atomic E-state index is 0.642. The predicted octanol–water partition coefficient (Wildman–Crippen LogP) is 8.74. The summed E-state index contributed by atoms with van der Waals surface area (Å²) < 4.78 is 5.93. The first kappa shape index (κ1) is 24.7. The highest BCUT2D eigenvalue weighted by Gasteiger charge is 2.21. The average molecular weight is 437 g/mol. The fourth-order valence-corrected chi connectivity index (χ4v) is 4.90. The van der Waals surface area contributed by atoms with Crippen molar-refractivity contribution in [2.75, 3.05) is 6.61 Å². The molecule has 0 saturated heterocycles. The predicted molar refractivity (Wildman–Crippen MR) is 135 cm³/mol. The number of ether oxygens (including phenoxy) is 1. The second-order valence-corrected chi connectivity index (χ2v) is 9.67. The highest BCUT2D eigenvalue weighted by atomic mass is 16.5. The van der Waals surface area contributed by atoms with Crippen molar-refractivity contribution in [1.82, 2.24) is 9.97 Å². The van der Waals surface area contributed by atoms with Crippen molar-refractivity contribution in [1.29, 1.82) is 0 Å². The summed E-state index contributed by atoms with van der Waals surface area (Å²) in [5.74, 6) is 3.32. The number of aromatic nitrogens is 2. The molecule has 1 heterocycles. The van der Waals surface area contributed by atoms with Crippen LogP contribution in [0, 0.1) is 5.92 Å². The Balaban J connectivity index is 1.34. The van der Waals surface area contributed by atoms with Crippen LogP contribution in [0.5, 0.6) is 5.75 Å². The Morgan fingerprint density at radius 2 is 1.34 bits per heavy atom. The lowest BCUT2D eigenvalue weighted by molar-refractivity contribution is 0.304. The summed E-state index contributed by atoms with van der Waals surface area (Å²) in [7, 11) is 0. The SMILES string of the molecule is CCCCCCCCCCCOc1ccc(-c2ncc([C@H]3CC[C@H](CC)CC3)cn2)cc1. The normalized spacial score (nSPS) is 18.6. The smallest absolute Gasteiger partial charge is 0.159 e. The summed E-state index contributed by atoms with van der Waals surface area (Å²) in [5, 5.41) is 0. The number of unbranched alkanes of at least 4 members (excludes halogenated alkanes) is 8. The molecule has 0 spiro atoms. The van der Waals surface area contributed by atoms with Crippen LogP contribution in [0.15, 0.2) is 36.7 Å². The molecule has 176 valence electrons. The molecule has 0 aliphatic heterocycles. The van der Waals surface area contributed by atoms with Gasteiger partial charge in [-0.15, -0.1) is 0 Å². The Hall–Kier alpha value is -1.90. The third-order valence-electron chi connectivity index (χ3n) is 7.20. The molecular weight excluding hydrogens is 392 g/mol. The van der Waals surface area contributed by atoms with Crippen molar-refractivity contribution < 1.29 is 4.74 Å². The maximum atomic E-state index is 5.93. The van der Waals surface area contributed by atoms with Crippen LogP contribution in [0.2, 0.25) is 0 Å². The van der Waals surface area contributed by atoms with Crippen LogP contribution < -0.4 is 4.74 Å². The lowest BCUT2D eigenvalue weighted by atomic mass is 9.78. The molecule has 0 bridgehead atoms. The van der Waals surface area contributed by atoms with Gasteiger partial charge in [0.1, 0.15) is 5.75 Å². The lowest BCUT2D eigenvalue weighted by Crippen LogP contribution is -2.13. The molecule has 32 heavy (non-hydrogen) atoms. The molecule has 3 nitrogen and oxygen atoms in total. The summed E-state index contributed by atoms with van der Waals surface area (Å²) in [5.41, 5.74) is 2.37. The summed E-state index contributed by atoms with van der Waals surface area (Å²) in [6.07, 6.45) is 22.7. The van der Waals surface area contributed by atoms with E-state index in [4.69, 9.17) is 4.74 Å². The van der Waals surface area contributed by atoms with Gasteiger partial charge in [-0.1, -0.05) is 71.6 Å². The monoisotopic (exact) mass is 436 g/mol. The van der Waals surface area contributed by atoms with Gasteiger partial charge in [-0.2, -0.15) is 0 Å². The number of rotatable bonds is 14. The molecule has 3 rings (SSSR count). The minimum absolute atomic E-state index is 0.642. The lowest BCUT2D eigenvalue weighted by Gasteiger charge is -2.27. The van der Waals surface area contributed by atoms with Crippen molar-refractivity contribution in [2.24, 2.45) is 5.92 Å². The Kier molecular flexibility index (Phi) is 11.0. The Bertz CT molecular complexity index is 733. The van der Waals surface area contributed by atoms with Gasteiger partial charge in [0.25, 0.3) is 0 Å². The highest BCUT2D eigenvalue weighted by molar-refractivity contribution is 5.56. The van der Waals surface area contributed by atoms with E-state index in [0.717, 1.165) is 36.1 Å². The van der Waals surface area contributed by atoms with Crippen LogP contribution >= 0.6 is 0 Å². The van der Waals surface area contributed by atoms with E-state index in [1.165, 1.54) is 89.0 Å². The maximum Gasteiger partial charge on any atom is 0.159 e. The van der Waals surface area contributed by atoms with Gasteiger partial charge in [-0.25, -0.2) is 9.97 Å². The molecule has 0 N–H and O–H groups in total. The zero-order valence-corrected chi connectivity index (χ0v) is 20.5. The van der Waals surface area contributed by atoms with Gasteiger partial charge in [0, 0.05) is 18.0 Å². The standard InChI is InChI=1S/C29H44N2O/c1-3-5-6-7-8-9-10-11-12-21-32-28-19-17-26(18-20-28)29-30-22-27(23-31-29)25-15-13-24(4-2)14-16-25/h17-20,22-25H,3-16,21H2,1-2H3/t24-,25-. The Labute approximate surface area is 196 Å². The Morgan fingerprint density at radius 1 is 0.750 bits per heavy atom. The molecule has 0 radical (unpaired) electrons. The molecule has 1 aromatic heterocycles. The molecule has 2 aromatic rings. The molecular formula is C29H44N2O. The van der Waals surface area contributed by atoms with E-state index in [9.17, 15) is 0 Å². The van der Waals surface area contributed by atoms with Gasteiger partial charge >= 0.3 is 0 Å². The molecule has 1 aliphatic carbocycles. The van der Waals surface area contributed by atoms with E-state index in [-0.39, 0.29) is 0 Å². The number of benzene rings is 1. The minimum Gasteiger partial charge on any atom is -0.494 e. The fraction of sp³-hybridized carbons (Fsp3) is 0.655. The van der Waals surface area contributed by atoms with E-state index >= 15 is 0 Å². The largest absolute Gasteiger partial charge is 0.494 e. The van der Waals surface area contributed by atoms with Crippen molar-refractivity contribution in [3.8, 4) is 17.1 Å². The molecule has 0 amide bonds. The molecule has 0 unspecified atom stereocenters. The second kappa shape index (κ2) is 14.3. The Morgan fingerprint density at radius 3 is 1.94 bits per heavy atom. The van der Waals surface area contributed by atoms with E-state index in [2.05, 4.69) is 35.9 Å². The number of hydrogen-bond acceptors (Lipinski definition) is 3. The van der Waals surface area contributed by atoms with Crippen LogP contribution in [-0.2, 0) is 0 Å². The second-order valence-electron chi connectivity index (χ2n) is 9.67. The first-order valence-electron chi connectivity index (χ1n) is 13.3. The first-order chi connectivity index (χ1) is 15.8. The molecule has 1 saturated carbocycles. The topological polar surface area (TPSA) is 35.0 Å². The zero-order valence-electron chi connectivity index (χ0n) is 20.5. The zero-order chi connectivity index (χ0) is 22.4. The summed E-state index contributed by atoms with van der Waals surface area (Å²) in [6.45, 7) is 5.40. The number of nitrogens with zero attached hydrogens (tertiary/aromatic N) is 2. The fourth-order valence-electron chi connectivity index (χ4n) is 4.90. The third kappa shape index (κ3) is 8.22. The van der Waals surface area contributed by atoms with Crippen LogP contribution in [-0.4, -0.2) is 16.6 Å². The van der Waals surface area contributed by atoms with E-state index in [1.54, 1.807) is 0 Å². The number of hydrogen-bond donors (Lipinski definition) is 0. The summed E-state index contributed by atoms with van der Waals surface area (Å²) >= 11 is 0. The van der Waals surface area contributed by atoms with E-state index < -0.39 is 0 Å². The molecule has 1 aromatic carbocycles. The molecule has 3 heteroatoms. The van der Waals surface area contributed by atoms with E-state index in [1.807, 2.05) is 24.5 Å². The summed E-state index contributed by atoms with van der Waals surface area (Å²) in [6, 6.07) is 8.25. The average Bonchev–Trinajstić information content (AvgIpc) is 2.86. The van der Waals surface area contributed by atoms with Crippen molar-refractivity contribution in [2.45, 2.75) is 110 Å². The molecule has 1 aliphatic rings. The van der Waals surface area contributed by atoms with Crippen LogP contribution in [0.3, 0.4) is 0 Å². The van der Waals surface area contributed by atoms with Crippen LogP contribution in [0.1, 0.15) is 115 Å². The van der Waals surface area contributed by atoms with E-state index in [0.29, 0.717) is 5.92 Å². The van der Waals surface area contributed by atoms with Gasteiger partial charge in [-0.3, -0.25) is 0 Å². The molecule has 0 atom stereocenters. The van der Waals surface area contributed by atoms with Crippen LogP contribution in [0.25, 0.3) is 11.4 Å². The van der Waals surface area contributed by atoms with Gasteiger partial charge in [-0.05, 0) is 73.8 Å². The van der Waals surface area contributed by atoms with Gasteiger partial charge in [0.2, 0.25) is 0 Å². The van der Waals surface area contributed by atoms with Gasteiger partial charge in [0.15, 0.2) is 5.82 Å².